The number of anilines is 4. The number of rotatable bonds is 3. The first-order valence-electron chi connectivity index (χ1n) is 7.34. The molecular weight excluding hydrogens is 316 g/mol. The summed E-state index contributed by atoms with van der Waals surface area (Å²) in [6.45, 7) is 2.85. The molecule has 23 heavy (non-hydrogen) atoms. The van der Waals surface area contributed by atoms with Gasteiger partial charge in [0.15, 0.2) is 0 Å². The van der Waals surface area contributed by atoms with Crippen LogP contribution < -0.4 is 16.0 Å². The number of nitrogens with one attached hydrogen (secondary N) is 1. The van der Waals surface area contributed by atoms with Gasteiger partial charge in [-0.25, -0.2) is 9.78 Å². The zero-order valence-corrected chi connectivity index (χ0v) is 13.4. The first-order chi connectivity index (χ1) is 11.1. The molecule has 0 fully saturated rings. The van der Waals surface area contributed by atoms with Crippen molar-refractivity contribution < 1.29 is 9.53 Å². The average molecular weight is 333 g/mol. The quantitative estimate of drug-likeness (QED) is 0.898. The number of carbonyl (C=O) groups is 1. The van der Waals surface area contributed by atoms with Crippen LogP contribution in [0, 0.1) is 0 Å². The lowest BCUT2D eigenvalue weighted by atomic mass is 10.2. The van der Waals surface area contributed by atoms with Crippen LogP contribution in [-0.4, -0.2) is 24.2 Å². The lowest BCUT2D eigenvalue weighted by molar-refractivity contribution is 0.168. The lowest BCUT2D eigenvalue weighted by Gasteiger charge is -2.19. The van der Waals surface area contributed by atoms with Crippen LogP contribution in [-0.2, 0) is 11.2 Å². The Kier molecular flexibility index (Phi) is 4.25. The van der Waals surface area contributed by atoms with E-state index in [0.717, 1.165) is 29.5 Å². The van der Waals surface area contributed by atoms with E-state index >= 15 is 0 Å². The average Bonchev–Trinajstić information content (AvgIpc) is 2.92. The van der Waals surface area contributed by atoms with E-state index in [0.29, 0.717) is 12.3 Å². The Morgan fingerprint density at radius 3 is 3.00 bits per heavy atom. The summed E-state index contributed by atoms with van der Waals surface area (Å²) < 4.78 is 4.83. The molecular formula is C16H17ClN4O2. The molecule has 2 heterocycles. The van der Waals surface area contributed by atoms with Gasteiger partial charge in [-0.1, -0.05) is 11.6 Å². The predicted molar refractivity (Wildman–Crippen MR) is 91.5 cm³/mol. The van der Waals surface area contributed by atoms with Crippen LogP contribution in [0.4, 0.5) is 27.8 Å². The number of ether oxygens (including phenoxy) is 1. The number of nitrogens with two attached hydrogens (primary N) is 1. The number of hydrogen-bond acceptors (Lipinski definition) is 5. The Hall–Kier alpha value is -2.47. The minimum absolute atomic E-state index is 0.248. The molecule has 1 aliphatic rings. The number of benzene rings is 1. The van der Waals surface area contributed by atoms with E-state index in [2.05, 4.69) is 15.2 Å². The van der Waals surface area contributed by atoms with Crippen molar-refractivity contribution in [2.75, 3.05) is 29.1 Å². The van der Waals surface area contributed by atoms with E-state index in [1.165, 1.54) is 5.56 Å². The van der Waals surface area contributed by atoms with Crippen LogP contribution in [0.5, 0.6) is 0 Å². The molecule has 0 saturated carbocycles. The topological polar surface area (TPSA) is 80.5 Å². The van der Waals surface area contributed by atoms with Gasteiger partial charge in [0.05, 0.1) is 12.3 Å². The lowest BCUT2D eigenvalue weighted by Crippen LogP contribution is -2.18. The van der Waals surface area contributed by atoms with Gasteiger partial charge >= 0.3 is 6.09 Å². The van der Waals surface area contributed by atoms with Gasteiger partial charge in [-0.3, -0.25) is 5.32 Å². The molecule has 120 valence electrons. The monoisotopic (exact) mass is 332 g/mol. The minimum atomic E-state index is -0.546. The fourth-order valence-electron chi connectivity index (χ4n) is 2.61. The fourth-order valence-corrected chi connectivity index (χ4v) is 2.80. The summed E-state index contributed by atoms with van der Waals surface area (Å²) in [6.07, 6.45) is 0.357. The molecule has 0 unspecified atom stereocenters. The van der Waals surface area contributed by atoms with Crippen molar-refractivity contribution in [2.45, 2.75) is 13.3 Å². The number of aromatic nitrogens is 1. The largest absolute Gasteiger partial charge is 0.450 e. The van der Waals surface area contributed by atoms with Crippen LogP contribution in [0.1, 0.15) is 12.5 Å². The molecule has 0 saturated heterocycles. The number of nitrogens with zero attached hydrogens (tertiary/aromatic N) is 2. The first kappa shape index (κ1) is 15.4. The summed E-state index contributed by atoms with van der Waals surface area (Å²) in [6, 6.07) is 9.35. The Morgan fingerprint density at radius 2 is 2.26 bits per heavy atom. The van der Waals surface area contributed by atoms with Crippen LogP contribution >= 0.6 is 11.6 Å². The zero-order valence-electron chi connectivity index (χ0n) is 12.7. The molecule has 6 nitrogen and oxygen atoms in total. The van der Waals surface area contributed by atoms with Crippen LogP contribution in [0.2, 0.25) is 5.02 Å². The highest BCUT2D eigenvalue weighted by atomic mass is 35.5. The third-order valence-electron chi connectivity index (χ3n) is 3.64. The third kappa shape index (κ3) is 3.17. The van der Waals surface area contributed by atoms with E-state index in [4.69, 9.17) is 22.1 Å². The number of halogens is 1. The number of hydrogen-bond donors (Lipinski definition) is 2. The summed E-state index contributed by atoms with van der Waals surface area (Å²) in [5.41, 5.74) is 8.64. The number of carbonyl (C=O) groups excluding carboxylic acids is 1. The molecule has 1 aliphatic heterocycles. The van der Waals surface area contributed by atoms with Crippen molar-refractivity contribution in [3.05, 3.63) is 40.9 Å². The van der Waals surface area contributed by atoms with Gasteiger partial charge in [0.1, 0.15) is 11.6 Å². The second-order valence-electron chi connectivity index (χ2n) is 5.12. The Morgan fingerprint density at radius 1 is 1.43 bits per heavy atom. The minimum Gasteiger partial charge on any atom is -0.450 e. The molecule has 0 aliphatic carbocycles. The van der Waals surface area contributed by atoms with Crippen molar-refractivity contribution in [1.29, 1.82) is 0 Å². The summed E-state index contributed by atoms with van der Waals surface area (Å²) in [7, 11) is 0. The van der Waals surface area contributed by atoms with E-state index in [9.17, 15) is 4.79 Å². The summed E-state index contributed by atoms with van der Waals surface area (Å²) in [5, 5.41) is 3.30. The van der Waals surface area contributed by atoms with Gasteiger partial charge in [0.2, 0.25) is 0 Å². The molecule has 1 aromatic heterocycles. The second-order valence-corrected chi connectivity index (χ2v) is 5.56. The highest BCUT2D eigenvalue weighted by Gasteiger charge is 2.22. The normalized spacial score (nSPS) is 12.9. The van der Waals surface area contributed by atoms with Gasteiger partial charge in [-0.2, -0.15) is 0 Å². The molecule has 3 N–H and O–H groups in total. The molecule has 0 spiro atoms. The van der Waals surface area contributed by atoms with Crippen molar-refractivity contribution in [1.82, 2.24) is 4.98 Å². The first-order valence-corrected chi connectivity index (χ1v) is 7.72. The van der Waals surface area contributed by atoms with Crippen molar-refractivity contribution in [3.63, 3.8) is 0 Å². The van der Waals surface area contributed by atoms with Gasteiger partial charge in [-0.15, -0.1) is 0 Å². The second kappa shape index (κ2) is 6.34. The van der Waals surface area contributed by atoms with Crippen molar-refractivity contribution in [2.24, 2.45) is 0 Å². The van der Waals surface area contributed by atoms with E-state index < -0.39 is 6.09 Å². The van der Waals surface area contributed by atoms with E-state index in [1.54, 1.807) is 13.0 Å². The third-order valence-corrected chi connectivity index (χ3v) is 3.87. The van der Waals surface area contributed by atoms with Crippen molar-refractivity contribution in [3.8, 4) is 0 Å². The zero-order chi connectivity index (χ0) is 16.4. The van der Waals surface area contributed by atoms with Gasteiger partial charge < -0.3 is 15.4 Å². The molecule has 0 radical (unpaired) electrons. The van der Waals surface area contributed by atoms with Gasteiger partial charge in [-0.05, 0) is 49.2 Å². The van der Waals surface area contributed by atoms with E-state index in [1.807, 2.05) is 24.3 Å². The number of nitrogen functional groups attached to an aromatic ring is 1. The highest BCUT2D eigenvalue weighted by molar-refractivity contribution is 6.30. The SMILES string of the molecule is CCOC(=O)Nc1ccc(N2CCc3cc(Cl)ccc32)nc1N. The van der Waals surface area contributed by atoms with Crippen molar-refractivity contribution >= 4 is 40.7 Å². The molecule has 7 heteroatoms. The molecule has 0 atom stereocenters. The van der Waals surface area contributed by atoms with Gasteiger partial charge in [0.25, 0.3) is 0 Å². The standard InChI is InChI=1S/C16H17ClN4O2/c1-2-23-16(22)19-12-4-6-14(20-15(12)18)21-8-7-10-9-11(17)3-5-13(10)21/h3-6,9H,2,7-8H2,1H3,(H2,18,20)(H,19,22). The van der Waals surface area contributed by atoms with Gasteiger partial charge in [0, 0.05) is 17.3 Å². The number of fused-ring (bicyclic) bond motifs is 1. The maximum atomic E-state index is 11.5. The number of amides is 1. The van der Waals surface area contributed by atoms with Crippen LogP contribution in [0.15, 0.2) is 30.3 Å². The molecule has 2 aromatic rings. The Labute approximate surface area is 139 Å². The maximum absolute atomic E-state index is 11.5. The van der Waals surface area contributed by atoms with Crippen LogP contribution in [0.25, 0.3) is 0 Å². The highest BCUT2D eigenvalue weighted by Crippen LogP contribution is 2.36. The summed E-state index contributed by atoms with van der Waals surface area (Å²) >= 11 is 6.03. The summed E-state index contributed by atoms with van der Waals surface area (Å²) in [4.78, 5) is 17.9. The Bertz CT molecular complexity index is 751. The van der Waals surface area contributed by atoms with E-state index in [-0.39, 0.29) is 5.82 Å². The Balaban J connectivity index is 1.83. The number of pyridine rings is 1. The fraction of sp³-hybridized carbons (Fsp3) is 0.250. The summed E-state index contributed by atoms with van der Waals surface area (Å²) in [5.74, 6) is 0.982. The molecule has 1 amide bonds. The molecule has 1 aromatic carbocycles. The van der Waals surface area contributed by atoms with Crippen LogP contribution in [0.3, 0.4) is 0 Å². The predicted octanol–water partition coefficient (Wildman–Crippen LogP) is 3.58. The molecule has 0 bridgehead atoms. The smallest absolute Gasteiger partial charge is 0.411 e. The molecule has 3 rings (SSSR count). The maximum Gasteiger partial charge on any atom is 0.411 e.